The molecular formula is C55H32N4O. The normalized spacial score (nSPS) is 12.0. The maximum atomic E-state index is 6.80. The number of hydrogen-bond donors (Lipinski definition) is 0. The lowest BCUT2D eigenvalue weighted by atomic mass is 9.99. The highest BCUT2D eigenvalue weighted by Gasteiger charge is 2.22. The van der Waals surface area contributed by atoms with Gasteiger partial charge < -0.3 is 8.98 Å². The van der Waals surface area contributed by atoms with Gasteiger partial charge in [-0.2, -0.15) is 0 Å². The first-order valence-electron chi connectivity index (χ1n) is 20.3. The van der Waals surface area contributed by atoms with E-state index >= 15 is 0 Å². The molecule has 13 aromatic rings. The summed E-state index contributed by atoms with van der Waals surface area (Å²) < 4.78 is 9.23. The number of aromatic nitrogens is 4. The molecule has 0 unspecified atom stereocenters. The summed E-state index contributed by atoms with van der Waals surface area (Å²) in [5.74, 6) is 1.77. The molecule has 13 rings (SSSR count). The van der Waals surface area contributed by atoms with Crippen molar-refractivity contribution in [3.63, 3.8) is 0 Å². The second-order valence-corrected chi connectivity index (χ2v) is 15.6. The molecule has 0 atom stereocenters. The van der Waals surface area contributed by atoms with Gasteiger partial charge in [0.05, 0.1) is 16.6 Å². The Morgan fingerprint density at radius 3 is 1.82 bits per heavy atom. The first kappa shape index (κ1) is 32.9. The summed E-state index contributed by atoms with van der Waals surface area (Å²) in [5, 5.41) is 13.9. The molecule has 5 heteroatoms. The first-order chi connectivity index (χ1) is 29.7. The quantitative estimate of drug-likeness (QED) is 0.179. The molecule has 0 radical (unpaired) electrons. The Kier molecular flexibility index (Phi) is 6.95. The van der Waals surface area contributed by atoms with E-state index in [0.29, 0.717) is 17.5 Å². The third-order valence-corrected chi connectivity index (χ3v) is 12.2. The summed E-state index contributed by atoms with van der Waals surface area (Å²) >= 11 is 0. The van der Waals surface area contributed by atoms with Crippen molar-refractivity contribution >= 4 is 86.8 Å². The van der Waals surface area contributed by atoms with Crippen LogP contribution in [0, 0.1) is 0 Å². The highest BCUT2D eigenvalue weighted by Crippen LogP contribution is 2.43. The Morgan fingerprint density at radius 1 is 0.350 bits per heavy atom. The van der Waals surface area contributed by atoms with Crippen LogP contribution in [0.4, 0.5) is 0 Å². The van der Waals surface area contributed by atoms with Gasteiger partial charge in [-0.1, -0.05) is 152 Å². The van der Waals surface area contributed by atoms with Crippen LogP contribution in [0.5, 0.6) is 0 Å². The maximum Gasteiger partial charge on any atom is 0.167 e. The molecule has 3 heterocycles. The van der Waals surface area contributed by atoms with Crippen LogP contribution in [0.2, 0.25) is 0 Å². The lowest BCUT2D eigenvalue weighted by molar-refractivity contribution is 0.670. The van der Waals surface area contributed by atoms with E-state index in [2.05, 4.69) is 156 Å². The molecule has 0 N–H and O–H groups in total. The predicted octanol–water partition coefficient (Wildman–Crippen LogP) is 14.5. The summed E-state index contributed by atoms with van der Waals surface area (Å²) in [4.78, 5) is 15.7. The Balaban J connectivity index is 1.12. The average Bonchev–Trinajstić information content (AvgIpc) is 3.86. The smallest absolute Gasteiger partial charge is 0.167 e. The van der Waals surface area contributed by atoms with Crippen molar-refractivity contribution in [2.24, 2.45) is 0 Å². The van der Waals surface area contributed by atoms with Crippen molar-refractivity contribution in [3.8, 4) is 39.9 Å². The van der Waals surface area contributed by atoms with Gasteiger partial charge in [0, 0.05) is 38.4 Å². The molecule has 0 spiro atoms. The zero-order chi connectivity index (χ0) is 39.3. The Hall–Kier alpha value is -8.15. The molecule has 278 valence electrons. The lowest BCUT2D eigenvalue weighted by Crippen LogP contribution is -2.01. The third-order valence-electron chi connectivity index (χ3n) is 12.2. The Morgan fingerprint density at radius 2 is 0.983 bits per heavy atom. The van der Waals surface area contributed by atoms with Crippen LogP contribution in [0.25, 0.3) is 127 Å². The van der Waals surface area contributed by atoms with Crippen molar-refractivity contribution in [2.75, 3.05) is 0 Å². The summed E-state index contributed by atoms with van der Waals surface area (Å²) in [5.41, 5.74) is 7.65. The van der Waals surface area contributed by atoms with Gasteiger partial charge in [0.15, 0.2) is 17.5 Å². The van der Waals surface area contributed by atoms with Crippen molar-refractivity contribution in [1.29, 1.82) is 0 Å². The van der Waals surface area contributed by atoms with Crippen LogP contribution in [-0.4, -0.2) is 19.5 Å². The lowest BCUT2D eigenvalue weighted by Gasteiger charge is -2.13. The average molecular weight is 765 g/mol. The van der Waals surface area contributed by atoms with Crippen molar-refractivity contribution in [1.82, 2.24) is 19.5 Å². The largest absolute Gasteiger partial charge is 0.455 e. The summed E-state index contributed by atoms with van der Waals surface area (Å²) in [7, 11) is 0. The minimum absolute atomic E-state index is 0.554. The van der Waals surface area contributed by atoms with Crippen LogP contribution < -0.4 is 0 Å². The van der Waals surface area contributed by atoms with Gasteiger partial charge in [-0.05, 0) is 85.6 Å². The van der Waals surface area contributed by atoms with Crippen LogP contribution in [0.15, 0.2) is 199 Å². The van der Waals surface area contributed by atoms with E-state index in [0.717, 1.165) is 71.4 Å². The molecular weight excluding hydrogens is 733 g/mol. The topological polar surface area (TPSA) is 56.7 Å². The zero-order valence-electron chi connectivity index (χ0n) is 32.2. The molecule has 0 saturated carbocycles. The van der Waals surface area contributed by atoms with Gasteiger partial charge in [0.1, 0.15) is 11.2 Å². The molecule has 0 aliphatic heterocycles. The number of fused-ring (bicyclic) bond motifs is 12. The molecule has 3 aromatic heterocycles. The van der Waals surface area contributed by atoms with Crippen molar-refractivity contribution in [3.05, 3.63) is 194 Å². The fraction of sp³-hybridized carbons (Fsp3) is 0. The minimum Gasteiger partial charge on any atom is -0.455 e. The molecule has 0 aliphatic rings. The molecule has 5 nitrogen and oxygen atoms in total. The Bertz CT molecular complexity index is 3890. The monoisotopic (exact) mass is 764 g/mol. The van der Waals surface area contributed by atoms with Crippen LogP contribution in [-0.2, 0) is 0 Å². The summed E-state index contributed by atoms with van der Waals surface area (Å²) in [6.07, 6.45) is 0. The minimum atomic E-state index is 0.554. The molecule has 0 aliphatic carbocycles. The van der Waals surface area contributed by atoms with E-state index in [1.807, 2.05) is 42.5 Å². The molecule has 60 heavy (non-hydrogen) atoms. The van der Waals surface area contributed by atoms with Gasteiger partial charge in [0.25, 0.3) is 0 Å². The highest BCUT2D eigenvalue weighted by molar-refractivity contribution is 6.25. The maximum absolute atomic E-state index is 6.80. The van der Waals surface area contributed by atoms with E-state index in [9.17, 15) is 0 Å². The van der Waals surface area contributed by atoms with Gasteiger partial charge in [-0.3, -0.25) is 0 Å². The SMILES string of the molecule is c1ccc(-c2nc(-c3cccc4ccccc34)nc(-c3cc4cc(-n5c6cc7ccccc7cc6c6c7ccccc7ccc65)ccc4c4c3oc3ccccc34)n2)cc1. The van der Waals surface area contributed by atoms with E-state index in [1.54, 1.807) is 0 Å². The second kappa shape index (κ2) is 12.7. The Labute approximate surface area is 343 Å². The van der Waals surface area contributed by atoms with Crippen molar-refractivity contribution < 1.29 is 4.42 Å². The number of rotatable bonds is 4. The molecule has 0 saturated heterocycles. The molecule has 0 amide bonds. The van der Waals surface area contributed by atoms with Crippen molar-refractivity contribution in [2.45, 2.75) is 0 Å². The fourth-order valence-electron chi connectivity index (χ4n) is 9.43. The number of nitrogens with zero attached hydrogens (tertiary/aromatic N) is 4. The number of hydrogen-bond acceptors (Lipinski definition) is 4. The van der Waals surface area contributed by atoms with Gasteiger partial charge in [-0.15, -0.1) is 0 Å². The number of furan rings is 1. The number of benzene rings is 10. The highest BCUT2D eigenvalue weighted by atomic mass is 16.3. The van der Waals surface area contributed by atoms with Gasteiger partial charge in [-0.25, -0.2) is 15.0 Å². The van der Waals surface area contributed by atoms with E-state index in [1.165, 1.54) is 37.8 Å². The third kappa shape index (κ3) is 4.90. The van der Waals surface area contributed by atoms with E-state index < -0.39 is 0 Å². The predicted molar refractivity (Wildman–Crippen MR) is 248 cm³/mol. The van der Waals surface area contributed by atoms with Crippen LogP contribution in [0.3, 0.4) is 0 Å². The summed E-state index contributed by atoms with van der Waals surface area (Å²) in [6.45, 7) is 0. The zero-order valence-corrected chi connectivity index (χ0v) is 32.2. The first-order valence-corrected chi connectivity index (χ1v) is 20.3. The fourth-order valence-corrected chi connectivity index (χ4v) is 9.43. The van der Waals surface area contributed by atoms with Crippen LogP contribution >= 0.6 is 0 Å². The van der Waals surface area contributed by atoms with Gasteiger partial charge in [0.2, 0.25) is 0 Å². The summed E-state index contributed by atoms with van der Waals surface area (Å²) in [6, 6.07) is 68.7. The number of para-hydroxylation sites is 1. The second-order valence-electron chi connectivity index (χ2n) is 15.6. The van der Waals surface area contributed by atoms with E-state index in [4.69, 9.17) is 19.4 Å². The standard InChI is InChI=1S/C55H32N4O/c1-2-15-35(16-3-1)53-56-54(43-23-12-19-33-13-6-8-20-40(33)43)58-55(57-53)46-31-38-29-39(26-27-42(38)51-44-22-10-11-24-49(44)60-52(46)51)59-47-28-25-34-14-7-9-21-41(34)50(47)45-30-36-17-4-5-18-37(36)32-48(45)59/h1-32H. The molecule has 10 aromatic carbocycles. The molecule has 0 fully saturated rings. The van der Waals surface area contributed by atoms with Crippen LogP contribution in [0.1, 0.15) is 0 Å². The molecule has 0 bridgehead atoms. The van der Waals surface area contributed by atoms with Gasteiger partial charge >= 0.3 is 0 Å². The van der Waals surface area contributed by atoms with E-state index in [-0.39, 0.29) is 0 Å².